The van der Waals surface area contributed by atoms with Crippen molar-refractivity contribution in [3.8, 4) is 0 Å². The molecule has 2 N–H and O–H groups in total. The van der Waals surface area contributed by atoms with Crippen LogP contribution in [0.25, 0.3) is 0 Å². The Morgan fingerprint density at radius 2 is 2.29 bits per heavy atom. The molecule has 4 heteroatoms. The molecule has 2 atom stereocenters. The average Bonchev–Trinajstić information content (AvgIpc) is 2.38. The number of nitrogens with zero attached hydrogens (tertiary/aromatic N) is 1. The van der Waals surface area contributed by atoms with Crippen LogP contribution in [0.2, 0.25) is 0 Å². The van der Waals surface area contributed by atoms with E-state index in [4.69, 9.17) is 5.73 Å². The zero-order valence-corrected chi connectivity index (χ0v) is 8.56. The molecule has 2 unspecified atom stereocenters. The summed E-state index contributed by atoms with van der Waals surface area (Å²) >= 11 is 0. The van der Waals surface area contributed by atoms with Crippen molar-refractivity contribution in [1.29, 1.82) is 0 Å². The van der Waals surface area contributed by atoms with E-state index >= 15 is 0 Å². The van der Waals surface area contributed by atoms with Crippen LogP contribution >= 0.6 is 0 Å². The van der Waals surface area contributed by atoms with Gasteiger partial charge >= 0.3 is 0 Å². The molecule has 1 saturated heterocycles. The Morgan fingerprint density at radius 1 is 1.64 bits per heavy atom. The van der Waals surface area contributed by atoms with Crippen LogP contribution in [0.1, 0.15) is 26.7 Å². The molecule has 0 bridgehead atoms. The van der Waals surface area contributed by atoms with Crippen LogP contribution in [0.4, 0.5) is 0 Å². The van der Waals surface area contributed by atoms with E-state index in [0.717, 1.165) is 4.90 Å². The Kier molecular flexibility index (Phi) is 3.41. The molecule has 14 heavy (non-hydrogen) atoms. The molecule has 1 aliphatic heterocycles. The highest BCUT2D eigenvalue weighted by atomic mass is 16.2. The second-order valence-electron chi connectivity index (χ2n) is 3.55. The molecular formula is C10H16N2O2. The summed E-state index contributed by atoms with van der Waals surface area (Å²) in [4.78, 5) is 24.2. The zero-order chi connectivity index (χ0) is 10.7. The number of amides is 2. The SMILES string of the molecule is CC=CCC1CC(=O)N(C(C)N)C1=O. The minimum Gasteiger partial charge on any atom is -0.311 e. The lowest BCUT2D eigenvalue weighted by Crippen LogP contribution is -2.43. The van der Waals surface area contributed by atoms with Crippen LogP contribution in [0.15, 0.2) is 12.2 Å². The number of rotatable bonds is 3. The van der Waals surface area contributed by atoms with Crippen LogP contribution in [0.3, 0.4) is 0 Å². The van der Waals surface area contributed by atoms with E-state index < -0.39 is 6.17 Å². The summed E-state index contributed by atoms with van der Waals surface area (Å²) in [6.07, 6.45) is 4.20. The third-order valence-corrected chi connectivity index (χ3v) is 2.34. The van der Waals surface area contributed by atoms with Crippen molar-refractivity contribution in [1.82, 2.24) is 4.90 Å². The molecule has 0 aromatic heterocycles. The monoisotopic (exact) mass is 196 g/mol. The largest absolute Gasteiger partial charge is 0.311 e. The molecule has 0 aromatic carbocycles. The first kappa shape index (κ1) is 10.9. The summed E-state index contributed by atoms with van der Waals surface area (Å²) in [6.45, 7) is 3.54. The van der Waals surface area contributed by atoms with Gasteiger partial charge in [-0.05, 0) is 20.3 Å². The molecule has 78 valence electrons. The number of nitrogens with two attached hydrogens (primary N) is 1. The Bertz CT molecular complexity index is 271. The lowest BCUT2D eigenvalue weighted by Gasteiger charge is -2.18. The average molecular weight is 196 g/mol. The van der Waals surface area contributed by atoms with Gasteiger partial charge in [-0.2, -0.15) is 0 Å². The van der Waals surface area contributed by atoms with E-state index in [1.165, 1.54) is 0 Å². The second kappa shape index (κ2) is 4.37. The minimum absolute atomic E-state index is 0.136. The van der Waals surface area contributed by atoms with Crippen LogP contribution in [0, 0.1) is 5.92 Å². The molecule has 1 aliphatic rings. The van der Waals surface area contributed by atoms with E-state index in [-0.39, 0.29) is 17.7 Å². The first-order valence-corrected chi connectivity index (χ1v) is 4.80. The topological polar surface area (TPSA) is 63.4 Å². The number of carbonyl (C=O) groups excluding carboxylic acids is 2. The van der Waals surface area contributed by atoms with E-state index in [2.05, 4.69) is 0 Å². The number of carbonyl (C=O) groups is 2. The van der Waals surface area contributed by atoms with Gasteiger partial charge in [0.2, 0.25) is 11.8 Å². The van der Waals surface area contributed by atoms with Crippen molar-refractivity contribution in [2.24, 2.45) is 11.7 Å². The molecule has 0 aliphatic carbocycles. The normalized spacial score (nSPS) is 25.1. The predicted molar refractivity (Wildman–Crippen MR) is 53.0 cm³/mol. The maximum Gasteiger partial charge on any atom is 0.234 e. The standard InChI is InChI=1S/C10H16N2O2/c1-3-4-5-8-6-9(13)12(7(2)11)10(8)14/h3-4,7-8H,5-6,11H2,1-2H3. The fourth-order valence-corrected chi connectivity index (χ4v) is 1.63. The lowest BCUT2D eigenvalue weighted by molar-refractivity contribution is -0.141. The van der Waals surface area contributed by atoms with Gasteiger partial charge in [-0.25, -0.2) is 0 Å². The lowest BCUT2D eigenvalue weighted by atomic mass is 10.0. The summed E-state index contributed by atoms with van der Waals surface area (Å²) in [5.41, 5.74) is 5.54. The summed E-state index contributed by atoms with van der Waals surface area (Å²) in [7, 11) is 0. The Morgan fingerprint density at radius 3 is 2.71 bits per heavy atom. The van der Waals surface area contributed by atoms with Crippen LogP contribution in [-0.2, 0) is 9.59 Å². The van der Waals surface area contributed by atoms with E-state index in [1.807, 2.05) is 19.1 Å². The van der Waals surface area contributed by atoms with Crippen LogP contribution in [-0.4, -0.2) is 22.9 Å². The molecule has 1 rings (SSSR count). The molecule has 0 spiro atoms. The van der Waals surface area contributed by atoms with Gasteiger partial charge in [-0.15, -0.1) is 0 Å². The van der Waals surface area contributed by atoms with Gasteiger partial charge in [0.25, 0.3) is 0 Å². The van der Waals surface area contributed by atoms with Gasteiger partial charge in [0, 0.05) is 6.42 Å². The third kappa shape index (κ3) is 2.01. The molecular weight excluding hydrogens is 180 g/mol. The van der Waals surface area contributed by atoms with Crippen molar-refractivity contribution in [3.63, 3.8) is 0 Å². The molecule has 2 amide bonds. The Balaban J connectivity index is 2.69. The molecule has 0 aromatic rings. The predicted octanol–water partition coefficient (Wildman–Crippen LogP) is 0.632. The number of imide groups is 1. The summed E-state index contributed by atoms with van der Waals surface area (Å²) in [5.74, 6) is -0.493. The van der Waals surface area contributed by atoms with Gasteiger partial charge in [0.05, 0.1) is 12.1 Å². The summed E-state index contributed by atoms with van der Waals surface area (Å²) < 4.78 is 0. The van der Waals surface area contributed by atoms with Gasteiger partial charge in [-0.1, -0.05) is 12.2 Å². The maximum absolute atomic E-state index is 11.7. The van der Waals surface area contributed by atoms with Crippen molar-refractivity contribution in [3.05, 3.63) is 12.2 Å². The highest BCUT2D eigenvalue weighted by Gasteiger charge is 2.39. The van der Waals surface area contributed by atoms with E-state index in [1.54, 1.807) is 6.92 Å². The van der Waals surface area contributed by atoms with E-state index in [9.17, 15) is 9.59 Å². The molecule has 1 fully saturated rings. The number of likely N-dealkylation sites (tertiary alicyclic amines) is 1. The molecule has 0 radical (unpaired) electrons. The fourth-order valence-electron chi connectivity index (χ4n) is 1.63. The zero-order valence-electron chi connectivity index (χ0n) is 8.56. The minimum atomic E-state index is -0.509. The van der Waals surface area contributed by atoms with Crippen LogP contribution < -0.4 is 5.73 Å². The van der Waals surface area contributed by atoms with Crippen molar-refractivity contribution in [2.45, 2.75) is 32.9 Å². The molecule has 1 heterocycles. The summed E-state index contributed by atoms with van der Waals surface area (Å²) in [5, 5.41) is 0. The molecule has 0 saturated carbocycles. The van der Waals surface area contributed by atoms with Gasteiger partial charge < -0.3 is 5.73 Å². The Labute approximate surface area is 83.8 Å². The van der Waals surface area contributed by atoms with Crippen molar-refractivity contribution < 1.29 is 9.59 Å². The first-order valence-electron chi connectivity index (χ1n) is 4.80. The number of hydrogen-bond donors (Lipinski definition) is 1. The maximum atomic E-state index is 11.7. The highest BCUT2D eigenvalue weighted by Crippen LogP contribution is 2.23. The quantitative estimate of drug-likeness (QED) is 0.532. The van der Waals surface area contributed by atoms with Crippen molar-refractivity contribution >= 4 is 11.8 Å². The highest BCUT2D eigenvalue weighted by molar-refractivity contribution is 6.03. The van der Waals surface area contributed by atoms with Gasteiger partial charge in [0.15, 0.2) is 0 Å². The van der Waals surface area contributed by atoms with Crippen molar-refractivity contribution in [2.75, 3.05) is 0 Å². The summed E-state index contributed by atoms with van der Waals surface area (Å²) in [6, 6.07) is 0. The number of allylic oxidation sites excluding steroid dienone is 2. The smallest absolute Gasteiger partial charge is 0.234 e. The van der Waals surface area contributed by atoms with Gasteiger partial charge in [0.1, 0.15) is 0 Å². The van der Waals surface area contributed by atoms with Gasteiger partial charge in [-0.3, -0.25) is 14.5 Å². The number of hydrogen-bond acceptors (Lipinski definition) is 3. The van der Waals surface area contributed by atoms with Crippen LogP contribution in [0.5, 0.6) is 0 Å². The third-order valence-electron chi connectivity index (χ3n) is 2.34. The Hall–Kier alpha value is -1.16. The van der Waals surface area contributed by atoms with E-state index in [0.29, 0.717) is 12.8 Å². The first-order chi connectivity index (χ1) is 6.57. The molecule has 4 nitrogen and oxygen atoms in total. The fraction of sp³-hybridized carbons (Fsp3) is 0.600. The second-order valence-corrected chi connectivity index (χ2v) is 3.55.